The third-order valence-corrected chi connectivity index (χ3v) is 16.1. The number of benzene rings is 10. The van der Waals surface area contributed by atoms with Crippen molar-refractivity contribution >= 4 is 75.4 Å². The smallest absolute Gasteiger partial charge is 0.167 e. The van der Waals surface area contributed by atoms with Crippen molar-refractivity contribution in [2.75, 3.05) is 0 Å². The van der Waals surface area contributed by atoms with Crippen molar-refractivity contribution in [3.63, 3.8) is 0 Å². The van der Waals surface area contributed by atoms with Crippen molar-refractivity contribution in [2.45, 2.75) is 5.41 Å². The number of rotatable bonds is 4. The van der Waals surface area contributed by atoms with Gasteiger partial charge >= 0.3 is 0 Å². The number of hydrogen-bond acceptors (Lipinski definition) is 6. The van der Waals surface area contributed by atoms with Gasteiger partial charge in [0.1, 0.15) is 22.3 Å². The Hall–Kier alpha value is -8.97. The maximum absolute atomic E-state index is 6.74. The van der Waals surface area contributed by atoms with Crippen molar-refractivity contribution in [3.05, 3.63) is 235 Å². The van der Waals surface area contributed by atoms with E-state index in [4.69, 9.17) is 23.8 Å². The van der Waals surface area contributed by atoms with E-state index in [1.165, 1.54) is 64.9 Å². The highest BCUT2D eigenvalue weighted by Gasteiger charge is 2.52. The number of furan rings is 2. The minimum Gasteiger partial charge on any atom is -0.456 e. The molecule has 0 unspecified atom stereocenters. The van der Waals surface area contributed by atoms with E-state index < -0.39 is 5.41 Å². The molecule has 0 N–H and O–H groups in total. The summed E-state index contributed by atoms with van der Waals surface area (Å²) in [6, 6.07) is 76.0. The minimum absolute atomic E-state index is 0.435. The number of thiophene rings is 1. The number of hydrogen-bond donors (Lipinski definition) is 0. The zero-order valence-electron chi connectivity index (χ0n) is 37.3. The van der Waals surface area contributed by atoms with Crippen LogP contribution >= 0.6 is 11.3 Å². The highest BCUT2D eigenvalue weighted by Crippen LogP contribution is 2.64. The summed E-state index contributed by atoms with van der Waals surface area (Å²) in [4.78, 5) is 16.2. The van der Waals surface area contributed by atoms with Gasteiger partial charge in [-0.05, 0) is 98.1 Å². The fraction of sp³-hybridized carbons (Fsp3) is 0.0156. The molecule has 2 aliphatic rings. The lowest BCUT2D eigenvalue weighted by Crippen LogP contribution is -2.25. The average molecular weight is 910 g/mol. The number of fused-ring (bicyclic) bond motifs is 19. The Morgan fingerprint density at radius 2 is 0.843 bits per heavy atom. The average Bonchev–Trinajstić information content (AvgIpc) is 4.23. The first-order valence-corrected chi connectivity index (χ1v) is 24.5. The highest BCUT2D eigenvalue weighted by molar-refractivity contribution is 7.25. The van der Waals surface area contributed by atoms with Gasteiger partial charge in [-0.2, -0.15) is 0 Å². The molecular weight excluding hydrogens is 875 g/mol. The first kappa shape index (κ1) is 38.0. The van der Waals surface area contributed by atoms with Crippen LogP contribution in [0.3, 0.4) is 0 Å². The second kappa shape index (κ2) is 14.0. The van der Waals surface area contributed by atoms with Crippen LogP contribution in [0.5, 0.6) is 0 Å². The monoisotopic (exact) mass is 909 g/mol. The lowest BCUT2D eigenvalue weighted by molar-refractivity contribution is 0.668. The van der Waals surface area contributed by atoms with Gasteiger partial charge in [-0.15, -0.1) is 11.3 Å². The van der Waals surface area contributed by atoms with E-state index in [0.29, 0.717) is 17.5 Å². The van der Waals surface area contributed by atoms with Crippen molar-refractivity contribution < 1.29 is 8.83 Å². The summed E-state index contributed by atoms with van der Waals surface area (Å²) in [5, 5.41) is 6.32. The van der Waals surface area contributed by atoms with E-state index in [1.54, 1.807) is 11.3 Å². The number of aromatic nitrogens is 3. The predicted octanol–water partition coefficient (Wildman–Crippen LogP) is 17.0. The maximum Gasteiger partial charge on any atom is 0.167 e. The molecule has 1 spiro atoms. The van der Waals surface area contributed by atoms with Crippen LogP contribution in [0.1, 0.15) is 22.3 Å². The normalized spacial score (nSPS) is 13.3. The third kappa shape index (κ3) is 5.02. The van der Waals surface area contributed by atoms with Gasteiger partial charge in [-0.3, -0.25) is 0 Å². The van der Waals surface area contributed by atoms with Crippen LogP contribution < -0.4 is 0 Å². The molecule has 10 aromatic carbocycles. The molecule has 5 nitrogen and oxygen atoms in total. The zero-order valence-corrected chi connectivity index (χ0v) is 38.1. The summed E-state index contributed by atoms with van der Waals surface area (Å²) < 4.78 is 15.8. The molecule has 0 atom stereocenters. The van der Waals surface area contributed by atoms with E-state index in [2.05, 4.69) is 182 Å². The molecule has 0 saturated heterocycles. The Morgan fingerprint density at radius 3 is 1.64 bits per heavy atom. The van der Waals surface area contributed by atoms with E-state index in [1.807, 2.05) is 30.3 Å². The molecule has 0 bridgehead atoms. The SMILES string of the molecule is c1ccc2c(c1)-c1ccccc1C21c2ccccc2-c2c(-c3ccc4oc5cccc(-c6nc(-c7cccc8c7oc7ccccc78)nc(-c7cccc8sc9ccccc9c78)n6)c5c4c3)cccc21. The summed E-state index contributed by atoms with van der Waals surface area (Å²) in [6.07, 6.45) is 0. The Balaban J connectivity index is 0.936. The van der Waals surface area contributed by atoms with Crippen LogP contribution in [-0.2, 0) is 5.41 Å². The van der Waals surface area contributed by atoms with Crippen molar-refractivity contribution in [1.29, 1.82) is 0 Å². The molecule has 2 aliphatic carbocycles. The Kier molecular flexibility index (Phi) is 7.63. The van der Waals surface area contributed by atoms with Crippen LogP contribution in [-0.4, -0.2) is 15.0 Å². The molecule has 324 valence electrons. The topological polar surface area (TPSA) is 65.0 Å². The van der Waals surface area contributed by atoms with E-state index >= 15 is 0 Å². The van der Waals surface area contributed by atoms with Crippen molar-refractivity contribution in [3.8, 4) is 67.5 Å². The molecule has 4 aromatic heterocycles. The van der Waals surface area contributed by atoms with Crippen molar-refractivity contribution in [2.24, 2.45) is 0 Å². The predicted molar refractivity (Wildman–Crippen MR) is 285 cm³/mol. The highest BCUT2D eigenvalue weighted by atomic mass is 32.1. The molecule has 0 amide bonds. The summed E-state index contributed by atoms with van der Waals surface area (Å²) in [6.45, 7) is 0. The minimum atomic E-state index is -0.435. The standard InChI is InChI=1S/C64H35N3O2S/c1-6-25-48-38(15-1)39-16-2-7-26-49(39)64(48)50-27-8-3-18-42(50)57-37(20-12-28-51(57)64)36-33-34-53-47(35-36)58-44(22-13-30-54(58)68-53)61-65-62(45-23-14-32-56-59(45)43-19-5-10-31-55(43)70-56)67-63(66-61)46-24-11-21-41-40-17-4-9-29-52(40)69-60(41)46/h1-35H. The molecule has 0 aliphatic heterocycles. The Morgan fingerprint density at radius 1 is 0.329 bits per heavy atom. The summed E-state index contributed by atoms with van der Waals surface area (Å²) >= 11 is 1.78. The lowest BCUT2D eigenvalue weighted by Gasteiger charge is -2.30. The lowest BCUT2D eigenvalue weighted by atomic mass is 9.70. The second-order valence-electron chi connectivity index (χ2n) is 18.5. The summed E-state index contributed by atoms with van der Waals surface area (Å²) in [5.74, 6) is 1.68. The van der Waals surface area contributed by atoms with Gasteiger partial charge in [-0.1, -0.05) is 170 Å². The quantitative estimate of drug-likeness (QED) is 0.176. The van der Waals surface area contributed by atoms with Crippen LogP contribution in [0.25, 0.3) is 132 Å². The largest absolute Gasteiger partial charge is 0.456 e. The van der Waals surface area contributed by atoms with Crippen LogP contribution in [0.15, 0.2) is 221 Å². The van der Waals surface area contributed by atoms with Gasteiger partial charge in [0.2, 0.25) is 0 Å². The third-order valence-electron chi connectivity index (χ3n) is 15.0. The zero-order chi connectivity index (χ0) is 45.7. The number of para-hydroxylation sites is 2. The van der Waals surface area contributed by atoms with Gasteiger partial charge in [0.05, 0.1) is 11.0 Å². The summed E-state index contributed by atoms with van der Waals surface area (Å²) in [7, 11) is 0. The van der Waals surface area contributed by atoms with E-state index in [0.717, 1.165) is 71.5 Å². The molecule has 4 heterocycles. The van der Waals surface area contributed by atoms with Gasteiger partial charge in [0, 0.05) is 52.8 Å². The van der Waals surface area contributed by atoms with Gasteiger partial charge < -0.3 is 8.83 Å². The molecular formula is C64H35N3O2S. The van der Waals surface area contributed by atoms with Crippen LogP contribution in [0.2, 0.25) is 0 Å². The molecule has 16 rings (SSSR count). The molecule has 0 fully saturated rings. The summed E-state index contributed by atoms with van der Waals surface area (Å²) in [5.41, 5.74) is 18.0. The van der Waals surface area contributed by atoms with Crippen LogP contribution in [0.4, 0.5) is 0 Å². The molecule has 14 aromatic rings. The Labute approximate surface area is 404 Å². The van der Waals surface area contributed by atoms with Gasteiger partial charge in [0.15, 0.2) is 17.5 Å². The molecule has 6 heteroatoms. The van der Waals surface area contributed by atoms with E-state index in [-0.39, 0.29) is 0 Å². The molecule has 0 saturated carbocycles. The Bertz CT molecular complexity index is 4530. The second-order valence-corrected chi connectivity index (χ2v) is 19.6. The van der Waals surface area contributed by atoms with Gasteiger partial charge in [-0.25, -0.2) is 15.0 Å². The van der Waals surface area contributed by atoms with Gasteiger partial charge in [0.25, 0.3) is 0 Å². The fourth-order valence-electron chi connectivity index (χ4n) is 12.2. The molecule has 70 heavy (non-hydrogen) atoms. The van der Waals surface area contributed by atoms with Crippen LogP contribution in [0, 0.1) is 0 Å². The van der Waals surface area contributed by atoms with Crippen molar-refractivity contribution in [1.82, 2.24) is 15.0 Å². The first-order valence-electron chi connectivity index (χ1n) is 23.7. The van der Waals surface area contributed by atoms with E-state index in [9.17, 15) is 0 Å². The first-order chi connectivity index (χ1) is 34.7. The fourth-order valence-corrected chi connectivity index (χ4v) is 13.3. The molecule has 0 radical (unpaired) electrons. The number of nitrogens with zero attached hydrogens (tertiary/aromatic N) is 3. The maximum atomic E-state index is 6.74.